The van der Waals surface area contributed by atoms with Crippen molar-refractivity contribution in [3.05, 3.63) is 59.7 Å². The highest BCUT2D eigenvalue weighted by atomic mass is 19.3. The third-order valence-electron chi connectivity index (χ3n) is 3.66. The summed E-state index contributed by atoms with van der Waals surface area (Å²) >= 11 is 0. The molecule has 5 nitrogen and oxygen atoms in total. The van der Waals surface area contributed by atoms with E-state index in [1.54, 1.807) is 25.3 Å². The summed E-state index contributed by atoms with van der Waals surface area (Å²) in [5.41, 5.74) is 1.98. The third-order valence-corrected chi connectivity index (χ3v) is 3.66. The number of ether oxygens (including phenoxy) is 2. The molecular weight excluding hydrogens is 352 g/mol. The Morgan fingerprint density at radius 3 is 2.48 bits per heavy atom. The number of benzene rings is 2. The molecule has 0 saturated heterocycles. The molecule has 0 aliphatic rings. The van der Waals surface area contributed by atoms with Gasteiger partial charge in [-0.15, -0.1) is 0 Å². The lowest BCUT2D eigenvalue weighted by atomic mass is 10.2. The Hall–Kier alpha value is -2.83. The van der Waals surface area contributed by atoms with Gasteiger partial charge in [0.25, 0.3) is 6.43 Å². The number of aliphatic imine (C=N–C) groups is 1. The minimum atomic E-state index is -2.49. The number of methoxy groups -OCH3 is 1. The maximum absolute atomic E-state index is 12.3. The Morgan fingerprint density at radius 1 is 1.04 bits per heavy atom. The summed E-state index contributed by atoms with van der Waals surface area (Å²) in [5, 5.41) is 6.45. The zero-order valence-corrected chi connectivity index (χ0v) is 15.5. The average Bonchev–Trinajstić information content (AvgIpc) is 2.69. The van der Waals surface area contributed by atoms with Crippen molar-refractivity contribution >= 4 is 5.96 Å². The standard InChI is InChI=1S/C20H25F2N3O2/c1-3-23-20(24-12-15-7-9-17(26-2)10-8-15)25-13-16-5-4-6-18(11-16)27-14-19(21)22/h4-11,19H,3,12-14H2,1-2H3,(H2,23,24,25). The smallest absolute Gasteiger partial charge is 0.272 e. The van der Waals surface area contributed by atoms with Gasteiger partial charge < -0.3 is 20.1 Å². The predicted octanol–water partition coefficient (Wildman–Crippen LogP) is 3.59. The van der Waals surface area contributed by atoms with Crippen LogP contribution in [-0.4, -0.2) is 32.6 Å². The number of nitrogens with zero attached hydrogens (tertiary/aromatic N) is 1. The van der Waals surface area contributed by atoms with E-state index in [1.165, 1.54) is 0 Å². The fourth-order valence-electron chi connectivity index (χ4n) is 2.33. The predicted molar refractivity (Wildman–Crippen MR) is 103 cm³/mol. The van der Waals surface area contributed by atoms with Crippen molar-refractivity contribution in [3.8, 4) is 11.5 Å². The van der Waals surface area contributed by atoms with Crippen LogP contribution in [0.25, 0.3) is 0 Å². The molecule has 0 amide bonds. The van der Waals surface area contributed by atoms with Crippen LogP contribution in [0, 0.1) is 0 Å². The van der Waals surface area contributed by atoms with Crippen LogP contribution in [0.4, 0.5) is 8.78 Å². The second kappa shape index (κ2) is 11.0. The van der Waals surface area contributed by atoms with E-state index in [-0.39, 0.29) is 0 Å². The van der Waals surface area contributed by atoms with Gasteiger partial charge in [0.2, 0.25) is 0 Å². The number of nitrogens with one attached hydrogen (secondary N) is 2. The molecule has 0 fully saturated rings. The van der Waals surface area contributed by atoms with E-state index in [9.17, 15) is 8.78 Å². The van der Waals surface area contributed by atoms with Crippen molar-refractivity contribution in [1.82, 2.24) is 10.6 Å². The zero-order chi connectivity index (χ0) is 19.5. The van der Waals surface area contributed by atoms with Crippen LogP contribution in [0.5, 0.6) is 11.5 Å². The largest absolute Gasteiger partial charge is 0.497 e. The highest BCUT2D eigenvalue weighted by Crippen LogP contribution is 2.15. The maximum Gasteiger partial charge on any atom is 0.272 e. The monoisotopic (exact) mass is 377 g/mol. The van der Waals surface area contributed by atoms with E-state index in [0.29, 0.717) is 24.8 Å². The van der Waals surface area contributed by atoms with Crippen molar-refractivity contribution in [2.24, 2.45) is 4.99 Å². The average molecular weight is 377 g/mol. The molecule has 0 atom stereocenters. The lowest BCUT2D eigenvalue weighted by Crippen LogP contribution is -2.36. The highest BCUT2D eigenvalue weighted by Gasteiger charge is 2.04. The van der Waals surface area contributed by atoms with E-state index < -0.39 is 13.0 Å². The molecule has 146 valence electrons. The van der Waals surface area contributed by atoms with Crippen molar-refractivity contribution in [2.75, 3.05) is 20.3 Å². The topological polar surface area (TPSA) is 54.9 Å². The van der Waals surface area contributed by atoms with Gasteiger partial charge in [-0.1, -0.05) is 24.3 Å². The molecule has 0 radical (unpaired) electrons. The summed E-state index contributed by atoms with van der Waals surface area (Å²) in [5.74, 6) is 1.90. The third kappa shape index (κ3) is 7.52. The molecule has 0 spiro atoms. The molecular formula is C20H25F2N3O2. The molecule has 2 N–H and O–H groups in total. The molecule has 2 aromatic carbocycles. The second-order valence-corrected chi connectivity index (χ2v) is 5.75. The quantitative estimate of drug-likeness (QED) is 0.518. The first-order valence-electron chi connectivity index (χ1n) is 8.75. The van der Waals surface area contributed by atoms with Gasteiger partial charge in [0, 0.05) is 13.1 Å². The van der Waals surface area contributed by atoms with Gasteiger partial charge in [0.05, 0.1) is 13.7 Å². The summed E-state index contributed by atoms with van der Waals surface area (Å²) in [4.78, 5) is 4.53. The summed E-state index contributed by atoms with van der Waals surface area (Å²) in [6, 6.07) is 14.8. The molecule has 0 aromatic heterocycles. The summed E-state index contributed by atoms with van der Waals surface area (Å²) in [6.45, 7) is 3.13. The van der Waals surface area contributed by atoms with Crippen molar-refractivity contribution in [3.63, 3.8) is 0 Å². The molecule has 0 heterocycles. The fraction of sp³-hybridized carbons (Fsp3) is 0.350. The fourth-order valence-corrected chi connectivity index (χ4v) is 2.33. The minimum Gasteiger partial charge on any atom is -0.497 e. The number of alkyl halides is 2. The summed E-state index contributed by atoms with van der Waals surface area (Å²) in [6.07, 6.45) is -2.49. The zero-order valence-electron chi connectivity index (χ0n) is 15.5. The minimum absolute atomic E-state index is 0.407. The lowest BCUT2D eigenvalue weighted by Gasteiger charge is -2.12. The van der Waals surface area contributed by atoms with Crippen molar-refractivity contribution in [2.45, 2.75) is 26.4 Å². The van der Waals surface area contributed by atoms with Gasteiger partial charge in [-0.25, -0.2) is 13.8 Å². The van der Waals surface area contributed by atoms with E-state index >= 15 is 0 Å². The van der Waals surface area contributed by atoms with Crippen LogP contribution >= 0.6 is 0 Å². The number of guanidine groups is 1. The second-order valence-electron chi connectivity index (χ2n) is 5.75. The van der Waals surface area contributed by atoms with Crippen LogP contribution < -0.4 is 20.1 Å². The summed E-state index contributed by atoms with van der Waals surface area (Å²) < 4.78 is 34.7. The van der Waals surface area contributed by atoms with Gasteiger partial charge in [0.1, 0.15) is 18.1 Å². The lowest BCUT2D eigenvalue weighted by molar-refractivity contribution is 0.0818. The molecule has 2 rings (SSSR count). The molecule has 0 saturated carbocycles. The Balaban J connectivity index is 1.94. The molecule has 7 heteroatoms. The van der Waals surface area contributed by atoms with Gasteiger partial charge in [0.15, 0.2) is 5.96 Å². The van der Waals surface area contributed by atoms with E-state index in [2.05, 4.69) is 15.6 Å². The van der Waals surface area contributed by atoms with E-state index in [4.69, 9.17) is 9.47 Å². The number of hydrogen-bond acceptors (Lipinski definition) is 3. The maximum atomic E-state index is 12.3. The van der Waals surface area contributed by atoms with Crippen molar-refractivity contribution in [1.29, 1.82) is 0 Å². The molecule has 27 heavy (non-hydrogen) atoms. The normalized spacial score (nSPS) is 11.4. The summed E-state index contributed by atoms with van der Waals surface area (Å²) in [7, 11) is 1.64. The first-order chi connectivity index (χ1) is 13.1. The Labute approximate surface area is 158 Å². The van der Waals surface area contributed by atoms with Gasteiger partial charge in [-0.05, 0) is 42.3 Å². The first-order valence-corrected chi connectivity index (χ1v) is 8.75. The van der Waals surface area contributed by atoms with Crippen LogP contribution in [0.2, 0.25) is 0 Å². The molecule has 0 aliphatic heterocycles. The highest BCUT2D eigenvalue weighted by molar-refractivity contribution is 5.79. The van der Waals surface area contributed by atoms with Crippen LogP contribution in [0.1, 0.15) is 18.1 Å². The Morgan fingerprint density at radius 2 is 1.81 bits per heavy atom. The SMILES string of the molecule is CCNC(=NCc1cccc(OCC(F)F)c1)NCc1ccc(OC)cc1. The molecule has 0 unspecified atom stereocenters. The van der Waals surface area contributed by atoms with E-state index in [0.717, 1.165) is 23.4 Å². The van der Waals surface area contributed by atoms with Crippen molar-refractivity contribution < 1.29 is 18.3 Å². The molecule has 0 aliphatic carbocycles. The van der Waals surface area contributed by atoms with Crippen LogP contribution in [0.15, 0.2) is 53.5 Å². The van der Waals surface area contributed by atoms with Gasteiger partial charge in [-0.3, -0.25) is 0 Å². The van der Waals surface area contributed by atoms with Gasteiger partial charge in [-0.2, -0.15) is 0 Å². The number of hydrogen-bond donors (Lipinski definition) is 2. The van der Waals surface area contributed by atoms with E-state index in [1.807, 2.05) is 37.3 Å². The number of rotatable bonds is 9. The molecule has 0 bridgehead atoms. The van der Waals surface area contributed by atoms with Gasteiger partial charge >= 0.3 is 0 Å². The Kier molecular flexibility index (Phi) is 8.35. The first kappa shape index (κ1) is 20.5. The van der Waals surface area contributed by atoms with Crippen LogP contribution in [-0.2, 0) is 13.1 Å². The number of halogens is 2. The molecule has 2 aromatic rings. The Bertz CT molecular complexity index is 721. The van der Waals surface area contributed by atoms with Crippen LogP contribution in [0.3, 0.4) is 0 Å².